The molecule has 2 aromatic rings. The summed E-state index contributed by atoms with van der Waals surface area (Å²) in [5, 5.41) is 4.40. The predicted molar refractivity (Wildman–Crippen MR) is 160 cm³/mol. The fraction of sp³-hybridized carbons (Fsp3) is 0.581. The highest BCUT2D eigenvalue weighted by Gasteiger charge is 2.44. The number of hydrogen-bond donors (Lipinski definition) is 1. The summed E-state index contributed by atoms with van der Waals surface area (Å²) in [7, 11) is 0. The monoisotopic (exact) mass is 650 g/mol. The summed E-state index contributed by atoms with van der Waals surface area (Å²) in [6.45, 7) is 7.21. The zero-order valence-corrected chi connectivity index (χ0v) is 26.5. The third-order valence-corrected chi connectivity index (χ3v) is 7.43. The van der Waals surface area contributed by atoms with Crippen molar-refractivity contribution in [1.82, 2.24) is 10.2 Å². The van der Waals surface area contributed by atoms with E-state index in [0.29, 0.717) is 23.1 Å². The first kappa shape index (κ1) is 35.4. The van der Waals surface area contributed by atoms with E-state index in [0.717, 1.165) is 31.4 Å². The molecule has 6 nitrogen and oxygen atoms in total. The van der Waals surface area contributed by atoms with Gasteiger partial charge < -0.3 is 19.5 Å². The number of nitrogens with zero attached hydrogens (tertiary/aromatic N) is 1. The van der Waals surface area contributed by atoms with Crippen LogP contribution in [0.3, 0.4) is 0 Å². The third-order valence-electron chi connectivity index (χ3n) is 6.92. The molecule has 0 bridgehead atoms. The maximum absolute atomic E-state index is 13.7. The van der Waals surface area contributed by atoms with Gasteiger partial charge in [0.05, 0.1) is 25.8 Å². The average Bonchev–Trinajstić information content (AvgIpc) is 2.90. The molecule has 0 aliphatic carbocycles. The van der Waals surface area contributed by atoms with E-state index in [1.165, 1.54) is 4.90 Å². The second kappa shape index (κ2) is 14.8. The largest absolute Gasteiger partial charge is 0.444 e. The van der Waals surface area contributed by atoms with Crippen LogP contribution < -0.4 is 5.32 Å². The second-order valence-corrected chi connectivity index (χ2v) is 13.0. The lowest BCUT2D eigenvalue weighted by Crippen LogP contribution is -2.57. The summed E-state index contributed by atoms with van der Waals surface area (Å²) in [4.78, 5) is 13.9. The fourth-order valence-corrected chi connectivity index (χ4v) is 4.85. The number of halogens is 6. The topological polar surface area (TPSA) is 60.0 Å². The van der Waals surface area contributed by atoms with Crippen LogP contribution in [0.1, 0.15) is 45.7 Å². The van der Waals surface area contributed by atoms with Crippen molar-refractivity contribution < 1.29 is 36.6 Å². The van der Waals surface area contributed by atoms with Crippen molar-refractivity contribution in [2.75, 3.05) is 26.3 Å². The Hall–Kier alpha value is -2.11. The summed E-state index contributed by atoms with van der Waals surface area (Å²) in [6, 6.07) is 14.4. The second-order valence-electron chi connectivity index (χ2n) is 12.1. The van der Waals surface area contributed by atoms with Gasteiger partial charge >= 0.3 is 6.09 Å². The third kappa shape index (κ3) is 11.7. The molecule has 2 aliphatic heterocycles. The maximum Gasteiger partial charge on any atom is 0.410 e. The van der Waals surface area contributed by atoms with Crippen LogP contribution in [0.15, 0.2) is 48.5 Å². The van der Waals surface area contributed by atoms with Crippen molar-refractivity contribution >= 4 is 29.3 Å². The van der Waals surface area contributed by atoms with Crippen molar-refractivity contribution in [2.45, 2.75) is 89.2 Å². The van der Waals surface area contributed by atoms with E-state index in [-0.39, 0.29) is 31.8 Å². The van der Waals surface area contributed by atoms with Gasteiger partial charge in [-0.3, -0.25) is 4.90 Å². The summed E-state index contributed by atoms with van der Waals surface area (Å²) in [5.41, 5.74) is 1.35. The van der Waals surface area contributed by atoms with Crippen LogP contribution in [0.2, 0.25) is 10.0 Å². The zero-order chi connectivity index (χ0) is 32.0. The van der Waals surface area contributed by atoms with E-state index in [1.807, 2.05) is 36.4 Å². The Morgan fingerprint density at radius 1 is 0.837 bits per heavy atom. The molecule has 2 saturated heterocycles. The maximum atomic E-state index is 13.7. The quantitative estimate of drug-likeness (QED) is 0.329. The van der Waals surface area contributed by atoms with Gasteiger partial charge in [-0.25, -0.2) is 22.4 Å². The molecule has 1 N–H and O–H groups in total. The Bertz CT molecular complexity index is 1160. The highest BCUT2D eigenvalue weighted by molar-refractivity contribution is 6.30. The van der Waals surface area contributed by atoms with Gasteiger partial charge in [-0.1, -0.05) is 47.5 Å². The van der Waals surface area contributed by atoms with Crippen molar-refractivity contribution in [2.24, 2.45) is 0 Å². The van der Waals surface area contributed by atoms with Crippen molar-refractivity contribution in [3.8, 4) is 0 Å². The van der Waals surface area contributed by atoms with Crippen molar-refractivity contribution in [1.29, 1.82) is 0 Å². The molecule has 12 heteroatoms. The molecule has 0 spiro atoms. The lowest BCUT2D eigenvalue weighted by atomic mass is 10.0. The van der Waals surface area contributed by atoms with E-state index >= 15 is 0 Å². The number of morpholine rings is 2. The molecule has 2 aliphatic rings. The zero-order valence-electron chi connectivity index (χ0n) is 25.0. The van der Waals surface area contributed by atoms with Gasteiger partial charge in [0.15, 0.2) is 0 Å². The number of nitrogens with one attached hydrogen (secondary N) is 1. The molecule has 2 heterocycles. The van der Waals surface area contributed by atoms with Crippen molar-refractivity contribution in [3.05, 3.63) is 69.7 Å². The minimum absolute atomic E-state index is 0.0238. The van der Waals surface area contributed by atoms with E-state index in [4.69, 9.17) is 37.4 Å². The number of benzene rings is 2. The molecule has 0 saturated carbocycles. The lowest BCUT2D eigenvalue weighted by Gasteiger charge is -2.41. The molecule has 4 rings (SSSR count). The van der Waals surface area contributed by atoms with Crippen LogP contribution >= 0.6 is 23.2 Å². The van der Waals surface area contributed by atoms with Crippen LogP contribution in [-0.4, -0.2) is 79.0 Å². The first-order valence-corrected chi connectivity index (χ1v) is 14.9. The molecular weight excluding hydrogens is 611 g/mol. The number of ether oxygens (including phenoxy) is 3. The van der Waals surface area contributed by atoms with Gasteiger partial charge in [-0.05, 0) is 69.0 Å². The van der Waals surface area contributed by atoms with Crippen LogP contribution in [-0.2, 0) is 27.1 Å². The number of hydrogen-bond acceptors (Lipinski definition) is 5. The molecule has 1 amide bonds. The predicted octanol–water partition coefficient (Wildman–Crippen LogP) is 7.44. The number of carbonyl (C=O) groups is 1. The summed E-state index contributed by atoms with van der Waals surface area (Å²) >= 11 is 11.7. The van der Waals surface area contributed by atoms with Crippen LogP contribution in [0, 0.1) is 0 Å². The summed E-state index contributed by atoms with van der Waals surface area (Å²) in [5.74, 6) is -5.83. The molecule has 2 aromatic carbocycles. The van der Waals surface area contributed by atoms with Gasteiger partial charge in [0, 0.05) is 36.5 Å². The van der Waals surface area contributed by atoms with Gasteiger partial charge in [-0.2, -0.15) is 0 Å². The molecule has 240 valence electrons. The van der Waals surface area contributed by atoms with Crippen LogP contribution in [0.5, 0.6) is 0 Å². The highest BCUT2D eigenvalue weighted by atomic mass is 35.5. The smallest absolute Gasteiger partial charge is 0.410 e. The molecule has 0 unspecified atom stereocenters. The number of alkyl halides is 4. The van der Waals surface area contributed by atoms with Crippen molar-refractivity contribution in [3.63, 3.8) is 0 Å². The standard InChI is InChI=1S/C18H24ClF2NO3.C13H16ClF2NO/c1-17(2,3)25-16(23)22-10-15(18(4,20)21)24-11-14(22)9-12-5-7-13(19)8-6-12;1-13(15,16)12-7-17-11(8-18-12)6-9-2-4-10(14)5-3-9/h5-8,14-15H,9-11H2,1-4H3;2-5,11-12,17H,6-8H2,1H3/t14-,15+;11-,12+/m00/s1. The SMILES string of the molecule is CC(C)(C)OC(=O)N1C[C@H](C(C)(F)F)OC[C@@H]1Cc1ccc(Cl)cc1.CC(F)(F)[C@H]1CN[C@@H](Cc2ccc(Cl)cc2)CO1. The molecule has 0 aromatic heterocycles. The molecular formula is C31H40Cl2F4N2O4. The lowest BCUT2D eigenvalue weighted by molar-refractivity contribution is -0.167. The Labute approximate surface area is 260 Å². The van der Waals surface area contributed by atoms with Gasteiger partial charge in [0.1, 0.15) is 17.8 Å². The van der Waals surface area contributed by atoms with Crippen LogP contribution in [0.4, 0.5) is 22.4 Å². The Balaban J connectivity index is 0.000000248. The molecule has 4 atom stereocenters. The highest BCUT2D eigenvalue weighted by Crippen LogP contribution is 2.28. The molecule has 43 heavy (non-hydrogen) atoms. The summed E-state index contributed by atoms with van der Waals surface area (Å²) < 4.78 is 69.3. The summed E-state index contributed by atoms with van der Waals surface area (Å²) in [6.07, 6.45) is -1.76. The normalized spacial score (nSPS) is 23.3. The Kier molecular flexibility index (Phi) is 12.2. The van der Waals surface area contributed by atoms with Crippen LogP contribution in [0.25, 0.3) is 0 Å². The van der Waals surface area contributed by atoms with Gasteiger partial charge in [0.2, 0.25) is 0 Å². The first-order chi connectivity index (χ1) is 19.9. The number of rotatable bonds is 6. The molecule has 0 radical (unpaired) electrons. The fourth-order valence-electron chi connectivity index (χ4n) is 4.60. The van der Waals surface area contributed by atoms with E-state index in [1.54, 1.807) is 32.9 Å². The minimum atomic E-state index is -3.04. The van der Waals surface area contributed by atoms with E-state index < -0.39 is 35.7 Å². The van der Waals surface area contributed by atoms with E-state index in [2.05, 4.69) is 5.32 Å². The first-order valence-electron chi connectivity index (χ1n) is 14.1. The van der Waals surface area contributed by atoms with Gasteiger partial charge in [-0.15, -0.1) is 0 Å². The van der Waals surface area contributed by atoms with Gasteiger partial charge in [0.25, 0.3) is 11.8 Å². The number of carbonyl (C=O) groups excluding carboxylic acids is 1. The Morgan fingerprint density at radius 3 is 1.77 bits per heavy atom. The Morgan fingerprint density at radius 2 is 1.33 bits per heavy atom. The number of amides is 1. The van der Waals surface area contributed by atoms with E-state index in [9.17, 15) is 22.4 Å². The minimum Gasteiger partial charge on any atom is -0.444 e. The molecule has 2 fully saturated rings. The average molecular weight is 652 g/mol.